The van der Waals surface area contributed by atoms with E-state index in [0.29, 0.717) is 5.92 Å². The molecule has 3 heteroatoms. The second-order valence-corrected chi connectivity index (χ2v) is 5.45. The zero-order valence-corrected chi connectivity index (χ0v) is 11.5. The topological polar surface area (TPSA) is 15.3 Å². The number of piperidine rings is 1. The van der Waals surface area contributed by atoms with Gasteiger partial charge in [-0.2, -0.15) is 0 Å². The van der Waals surface area contributed by atoms with E-state index in [9.17, 15) is 0 Å². The number of nitrogens with zero attached hydrogens (tertiary/aromatic N) is 1. The molecule has 1 saturated heterocycles. The number of hydrogen-bond donors (Lipinski definition) is 1. The number of hydrogen-bond acceptors (Lipinski definition) is 2. The molecule has 0 aliphatic carbocycles. The molecule has 1 N–H and O–H groups in total. The Morgan fingerprint density at radius 2 is 1.94 bits per heavy atom. The molecule has 1 aromatic carbocycles. The lowest BCUT2D eigenvalue weighted by Crippen LogP contribution is -2.27. The fourth-order valence-electron chi connectivity index (χ4n) is 2.43. The molecule has 16 heavy (non-hydrogen) atoms. The van der Waals surface area contributed by atoms with E-state index in [0.717, 1.165) is 13.1 Å². The molecule has 1 aliphatic rings. The fraction of sp³-hybridized carbons (Fsp3) is 0.538. The fourth-order valence-corrected chi connectivity index (χ4v) is 3.11. The highest BCUT2D eigenvalue weighted by atomic mass is 79.9. The number of anilines is 1. The van der Waals surface area contributed by atoms with E-state index in [1.165, 1.54) is 28.6 Å². The van der Waals surface area contributed by atoms with Gasteiger partial charge >= 0.3 is 0 Å². The van der Waals surface area contributed by atoms with Crippen molar-refractivity contribution in [3.63, 3.8) is 0 Å². The van der Waals surface area contributed by atoms with Crippen molar-refractivity contribution < 1.29 is 0 Å². The maximum absolute atomic E-state index is 3.70. The van der Waals surface area contributed by atoms with Crippen LogP contribution in [0.2, 0.25) is 0 Å². The van der Waals surface area contributed by atoms with Gasteiger partial charge in [0.15, 0.2) is 0 Å². The van der Waals surface area contributed by atoms with Gasteiger partial charge in [0.05, 0.1) is 0 Å². The van der Waals surface area contributed by atoms with Gasteiger partial charge < -0.3 is 10.2 Å². The first-order valence-electron chi connectivity index (χ1n) is 5.86. The predicted molar refractivity (Wildman–Crippen MR) is 73.3 cm³/mol. The van der Waals surface area contributed by atoms with Crippen molar-refractivity contribution in [2.75, 3.05) is 32.1 Å². The molecule has 1 fully saturated rings. The summed E-state index contributed by atoms with van der Waals surface area (Å²) < 4.78 is 1.26. The first-order valence-corrected chi connectivity index (χ1v) is 6.66. The molecule has 0 unspecified atom stereocenters. The number of nitrogens with one attached hydrogen (secondary N) is 1. The van der Waals surface area contributed by atoms with Crippen molar-refractivity contribution in [3.8, 4) is 0 Å². The van der Waals surface area contributed by atoms with Crippen LogP contribution in [-0.4, -0.2) is 27.2 Å². The highest BCUT2D eigenvalue weighted by Gasteiger charge is 2.21. The summed E-state index contributed by atoms with van der Waals surface area (Å²) in [4.78, 5) is 2.21. The third-order valence-electron chi connectivity index (χ3n) is 3.26. The van der Waals surface area contributed by atoms with E-state index < -0.39 is 0 Å². The number of halogens is 1. The number of benzene rings is 1. The van der Waals surface area contributed by atoms with E-state index in [2.05, 4.69) is 58.4 Å². The summed E-state index contributed by atoms with van der Waals surface area (Å²) >= 11 is 3.70. The largest absolute Gasteiger partial charge is 0.377 e. The molecule has 0 atom stereocenters. The second kappa shape index (κ2) is 5.19. The Bertz CT molecular complexity index is 357. The van der Waals surface area contributed by atoms with E-state index in [1.54, 1.807) is 0 Å². The smallest absolute Gasteiger partial charge is 0.0407 e. The summed E-state index contributed by atoms with van der Waals surface area (Å²) in [6.45, 7) is 2.28. The van der Waals surface area contributed by atoms with Gasteiger partial charge in [-0.1, -0.05) is 22.0 Å². The summed E-state index contributed by atoms with van der Waals surface area (Å²) in [5.41, 5.74) is 2.83. The molecule has 0 saturated carbocycles. The van der Waals surface area contributed by atoms with E-state index in [-0.39, 0.29) is 0 Å². The Hall–Kier alpha value is -0.540. The quantitative estimate of drug-likeness (QED) is 0.897. The van der Waals surface area contributed by atoms with Crippen molar-refractivity contribution in [1.29, 1.82) is 0 Å². The van der Waals surface area contributed by atoms with Crippen LogP contribution < -0.4 is 10.2 Å². The Balaban J connectivity index is 2.36. The van der Waals surface area contributed by atoms with Gasteiger partial charge in [-0.05, 0) is 49.5 Å². The molecule has 88 valence electrons. The van der Waals surface area contributed by atoms with Crippen LogP contribution in [0.15, 0.2) is 22.7 Å². The molecule has 2 nitrogen and oxygen atoms in total. The molecule has 1 heterocycles. The third kappa shape index (κ3) is 2.41. The molecule has 1 aliphatic heterocycles. The molecule has 0 radical (unpaired) electrons. The van der Waals surface area contributed by atoms with Crippen molar-refractivity contribution in [3.05, 3.63) is 28.2 Å². The molecule has 0 spiro atoms. The van der Waals surface area contributed by atoms with Gasteiger partial charge in [-0.15, -0.1) is 0 Å². The second-order valence-electron chi connectivity index (χ2n) is 4.59. The summed E-state index contributed by atoms with van der Waals surface area (Å²) in [5.74, 6) is 0.689. The van der Waals surface area contributed by atoms with E-state index in [4.69, 9.17) is 0 Å². The van der Waals surface area contributed by atoms with Gasteiger partial charge in [-0.3, -0.25) is 0 Å². The summed E-state index contributed by atoms with van der Waals surface area (Å²) in [6, 6.07) is 6.48. The van der Waals surface area contributed by atoms with Crippen LogP contribution in [0.3, 0.4) is 0 Å². The standard InChI is InChI=1S/C13H19BrN2/c1-16(2)12-5-3-4-11(14)13(12)10-6-8-15-9-7-10/h3-5,10,15H,6-9H2,1-2H3. The highest BCUT2D eigenvalue weighted by Crippen LogP contribution is 2.37. The van der Waals surface area contributed by atoms with Crippen LogP contribution in [-0.2, 0) is 0 Å². The lowest BCUT2D eigenvalue weighted by atomic mass is 9.89. The molecular formula is C13H19BrN2. The molecule has 0 aromatic heterocycles. The average molecular weight is 283 g/mol. The highest BCUT2D eigenvalue weighted by molar-refractivity contribution is 9.10. The SMILES string of the molecule is CN(C)c1cccc(Br)c1C1CCNCC1. The van der Waals surface area contributed by atoms with Gasteiger partial charge in [0.25, 0.3) is 0 Å². The molecular weight excluding hydrogens is 264 g/mol. The summed E-state index contributed by atoms with van der Waals surface area (Å²) in [6.07, 6.45) is 2.48. The zero-order valence-electron chi connectivity index (χ0n) is 9.96. The minimum atomic E-state index is 0.689. The van der Waals surface area contributed by atoms with Crippen molar-refractivity contribution in [2.24, 2.45) is 0 Å². The maximum Gasteiger partial charge on any atom is 0.0407 e. The van der Waals surface area contributed by atoms with Crippen LogP contribution in [0.4, 0.5) is 5.69 Å². The van der Waals surface area contributed by atoms with Crippen LogP contribution >= 0.6 is 15.9 Å². The van der Waals surface area contributed by atoms with Crippen molar-refractivity contribution in [1.82, 2.24) is 5.32 Å². The van der Waals surface area contributed by atoms with Gasteiger partial charge in [0, 0.05) is 24.3 Å². The summed E-state index contributed by atoms with van der Waals surface area (Å²) in [7, 11) is 4.23. The third-order valence-corrected chi connectivity index (χ3v) is 3.95. The van der Waals surface area contributed by atoms with Gasteiger partial charge in [-0.25, -0.2) is 0 Å². The monoisotopic (exact) mass is 282 g/mol. The minimum Gasteiger partial charge on any atom is -0.377 e. The van der Waals surface area contributed by atoms with Crippen LogP contribution in [0.25, 0.3) is 0 Å². The Morgan fingerprint density at radius 3 is 2.56 bits per heavy atom. The average Bonchev–Trinajstić information content (AvgIpc) is 2.29. The van der Waals surface area contributed by atoms with Crippen LogP contribution in [0, 0.1) is 0 Å². The lowest BCUT2D eigenvalue weighted by molar-refractivity contribution is 0.459. The summed E-state index contributed by atoms with van der Waals surface area (Å²) in [5, 5.41) is 3.42. The Morgan fingerprint density at radius 1 is 1.25 bits per heavy atom. The zero-order chi connectivity index (χ0) is 11.5. The first-order chi connectivity index (χ1) is 7.70. The minimum absolute atomic E-state index is 0.689. The Kier molecular flexibility index (Phi) is 3.87. The lowest BCUT2D eigenvalue weighted by Gasteiger charge is -2.28. The normalized spacial score (nSPS) is 17.4. The van der Waals surface area contributed by atoms with Crippen LogP contribution in [0.5, 0.6) is 0 Å². The van der Waals surface area contributed by atoms with Gasteiger partial charge in [0.2, 0.25) is 0 Å². The van der Waals surface area contributed by atoms with Crippen LogP contribution in [0.1, 0.15) is 24.3 Å². The number of rotatable bonds is 2. The molecule has 0 bridgehead atoms. The van der Waals surface area contributed by atoms with E-state index in [1.807, 2.05) is 0 Å². The van der Waals surface area contributed by atoms with Gasteiger partial charge in [0.1, 0.15) is 0 Å². The van der Waals surface area contributed by atoms with E-state index >= 15 is 0 Å². The predicted octanol–water partition coefficient (Wildman–Crippen LogP) is 2.98. The Labute approximate surface area is 106 Å². The van der Waals surface area contributed by atoms with Crippen molar-refractivity contribution >= 4 is 21.6 Å². The van der Waals surface area contributed by atoms with Crippen molar-refractivity contribution in [2.45, 2.75) is 18.8 Å². The molecule has 1 aromatic rings. The molecule has 2 rings (SSSR count). The maximum atomic E-state index is 3.70. The molecule has 0 amide bonds. The first kappa shape index (κ1) is 11.9.